The number of non-ortho nitro benzene ring substituents is 1. The van der Waals surface area contributed by atoms with Crippen molar-refractivity contribution in [3.8, 4) is 0 Å². The van der Waals surface area contributed by atoms with Crippen molar-refractivity contribution < 1.29 is 9.72 Å². The number of nitro benzene ring substituents is 1. The number of benzene rings is 2. The maximum atomic E-state index is 12.1. The molecule has 5 rings (SSSR count). The van der Waals surface area contributed by atoms with E-state index in [2.05, 4.69) is 18.2 Å². The van der Waals surface area contributed by atoms with Crippen LogP contribution in [-0.2, 0) is 0 Å². The molecule has 1 aliphatic heterocycles. The Balaban J connectivity index is 1.57. The zero-order valence-electron chi connectivity index (χ0n) is 19.0. The van der Waals surface area contributed by atoms with Crippen molar-refractivity contribution in [3.05, 3.63) is 92.0 Å². The number of nitrogens with zero attached hydrogens (tertiary/aromatic N) is 4. The molecule has 0 bridgehead atoms. The van der Waals surface area contributed by atoms with Crippen LogP contribution in [0.25, 0.3) is 6.08 Å². The van der Waals surface area contributed by atoms with Gasteiger partial charge in [-0.2, -0.15) is 5.10 Å². The predicted octanol–water partition coefficient (Wildman–Crippen LogP) is 6.36. The van der Waals surface area contributed by atoms with Crippen LogP contribution in [0.4, 0.5) is 10.8 Å². The van der Waals surface area contributed by atoms with Gasteiger partial charge < -0.3 is 0 Å². The van der Waals surface area contributed by atoms with Crippen molar-refractivity contribution in [1.82, 2.24) is 4.98 Å². The van der Waals surface area contributed by atoms with Gasteiger partial charge in [0.05, 0.1) is 27.2 Å². The summed E-state index contributed by atoms with van der Waals surface area (Å²) in [6.45, 7) is 3.43. The number of ketones is 1. The second kappa shape index (κ2) is 8.95. The van der Waals surface area contributed by atoms with Crippen molar-refractivity contribution in [3.63, 3.8) is 0 Å². The monoisotopic (exact) mass is 472 g/mol. The molecule has 7 nitrogen and oxygen atoms in total. The Morgan fingerprint density at radius 2 is 1.91 bits per heavy atom. The summed E-state index contributed by atoms with van der Waals surface area (Å²) in [6, 6.07) is 16.9. The van der Waals surface area contributed by atoms with Gasteiger partial charge in [-0.1, -0.05) is 41.7 Å². The maximum absolute atomic E-state index is 12.1. The van der Waals surface area contributed by atoms with Gasteiger partial charge in [-0.3, -0.25) is 14.9 Å². The summed E-state index contributed by atoms with van der Waals surface area (Å²) in [6.07, 6.45) is 5.04. The SMILES string of the molecule is CC(=O)c1sc(N2N=C3/C(=C\c4ccc([N+](=O)[O-])cc4)CCC[C@@H]3[C@H]2c2ccccc2)nc1C. The smallest absolute Gasteiger partial charge is 0.269 e. The number of carbonyl (C=O) groups excluding carboxylic acids is 1. The fraction of sp³-hybridized carbons (Fsp3) is 0.269. The summed E-state index contributed by atoms with van der Waals surface area (Å²) in [4.78, 5) is 28.1. The highest BCUT2D eigenvalue weighted by molar-refractivity contribution is 7.17. The Hall–Kier alpha value is -3.65. The van der Waals surface area contributed by atoms with Crippen molar-refractivity contribution >= 4 is 39.7 Å². The first-order valence-electron chi connectivity index (χ1n) is 11.3. The number of hydrazone groups is 1. The first-order chi connectivity index (χ1) is 16.4. The van der Waals surface area contributed by atoms with E-state index < -0.39 is 0 Å². The van der Waals surface area contributed by atoms with Crippen LogP contribution in [0.2, 0.25) is 0 Å². The van der Waals surface area contributed by atoms with Crippen molar-refractivity contribution in [1.29, 1.82) is 0 Å². The topological polar surface area (TPSA) is 88.7 Å². The summed E-state index contributed by atoms with van der Waals surface area (Å²) in [5.41, 5.74) is 5.08. The third-order valence-electron chi connectivity index (χ3n) is 6.39. The molecule has 1 fully saturated rings. The first-order valence-corrected chi connectivity index (χ1v) is 12.1. The van der Waals surface area contributed by atoms with Crippen LogP contribution in [0, 0.1) is 23.0 Å². The van der Waals surface area contributed by atoms with E-state index in [1.807, 2.05) is 30.1 Å². The number of thiazole rings is 1. The summed E-state index contributed by atoms with van der Waals surface area (Å²) in [5.74, 6) is 0.214. The molecule has 2 heterocycles. The molecule has 0 radical (unpaired) electrons. The van der Waals surface area contributed by atoms with Gasteiger partial charge >= 0.3 is 0 Å². The van der Waals surface area contributed by atoms with Crippen molar-refractivity contribution in [2.45, 2.75) is 39.2 Å². The third kappa shape index (κ3) is 4.05. The fourth-order valence-electron chi connectivity index (χ4n) is 4.84. The van der Waals surface area contributed by atoms with E-state index in [0.29, 0.717) is 4.88 Å². The minimum Gasteiger partial charge on any atom is -0.294 e. The van der Waals surface area contributed by atoms with Gasteiger partial charge in [-0.05, 0) is 61.1 Å². The van der Waals surface area contributed by atoms with Gasteiger partial charge in [-0.25, -0.2) is 9.99 Å². The lowest BCUT2D eigenvalue weighted by Crippen LogP contribution is -2.28. The van der Waals surface area contributed by atoms with Crippen LogP contribution < -0.4 is 5.01 Å². The second-order valence-electron chi connectivity index (χ2n) is 8.67. The highest BCUT2D eigenvalue weighted by atomic mass is 32.1. The minimum atomic E-state index is -0.387. The zero-order valence-corrected chi connectivity index (χ0v) is 19.8. The molecule has 34 heavy (non-hydrogen) atoms. The van der Waals surface area contributed by atoms with Crippen LogP contribution in [0.1, 0.15) is 58.7 Å². The highest BCUT2D eigenvalue weighted by Gasteiger charge is 2.43. The molecule has 8 heteroatoms. The molecule has 2 aliphatic rings. The second-order valence-corrected chi connectivity index (χ2v) is 9.65. The molecule has 0 N–H and O–H groups in total. The summed E-state index contributed by atoms with van der Waals surface area (Å²) >= 11 is 1.39. The number of nitro groups is 1. The van der Waals surface area contributed by atoms with E-state index in [9.17, 15) is 14.9 Å². The lowest BCUT2D eigenvalue weighted by atomic mass is 9.77. The van der Waals surface area contributed by atoms with Crippen LogP contribution in [0.5, 0.6) is 0 Å². The summed E-state index contributed by atoms with van der Waals surface area (Å²) in [7, 11) is 0. The average Bonchev–Trinajstić information content (AvgIpc) is 3.41. The van der Waals surface area contributed by atoms with E-state index in [-0.39, 0.29) is 28.4 Å². The van der Waals surface area contributed by atoms with E-state index in [0.717, 1.165) is 46.9 Å². The lowest BCUT2D eigenvalue weighted by molar-refractivity contribution is -0.384. The van der Waals surface area contributed by atoms with Gasteiger partial charge in [0.1, 0.15) is 0 Å². The van der Waals surface area contributed by atoms with Gasteiger partial charge in [0.15, 0.2) is 5.78 Å². The average molecular weight is 473 g/mol. The molecule has 1 aromatic heterocycles. The predicted molar refractivity (Wildman–Crippen MR) is 134 cm³/mol. The third-order valence-corrected chi connectivity index (χ3v) is 7.64. The number of aryl methyl sites for hydroxylation is 1. The molecule has 0 amide bonds. The largest absolute Gasteiger partial charge is 0.294 e. The molecule has 0 unspecified atom stereocenters. The molecule has 1 saturated carbocycles. The van der Waals surface area contributed by atoms with E-state index in [4.69, 9.17) is 10.1 Å². The lowest BCUT2D eigenvalue weighted by Gasteiger charge is -2.29. The standard InChI is InChI=1S/C26H24N4O3S/c1-16-25(17(2)31)34-26(27-16)29-24(19-7-4-3-5-8-19)22-10-6-9-20(23(22)28-29)15-18-11-13-21(14-12-18)30(32)33/h3-5,7-8,11-15,22,24H,6,9-10H2,1-2H3/b20-15-/t22-,24+/m0/s1. The van der Waals surface area contributed by atoms with Crippen molar-refractivity contribution in [2.24, 2.45) is 11.0 Å². The van der Waals surface area contributed by atoms with Gasteiger partial charge in [-0.15, -0.1) is 0 Å². The molecule has 0 spiro atoms. The number of rotatable bonds is 5. The first kappa shape index (κ1) is 22.2. The number of fused-ring (bicyclic) bond motifs is 1. The molecular weight excluding hydrogens is 448 g/mol. The maximum Gasteiger partial charge on any atom is 0.269 e. The Morgan fingerprint density at radius 3 is 2.56 bits per heavy atom. The van der Waals surface area contributed by atoms with Crippen LogP contribution >= 0.6 is 11.3 Å². The molecule has 172 valence electrons. The molecule has 2 aromatic carbocycles. The van der Waals surface area contributed by atoms with Gasteiger partial charge in [0.2, 0.25) is 5.13 Å². The minimum absolute atomic E-state index is 0.00196. The Kier molecular flexibility index (Phi) is 5.83. The number of hydrogen-bond acceptors (Lipinski definition) is 7. The van der Waals surface area contributed by atoms with Crippen LogP contribution in [0.15, 0.2) is 65.3 Å². The Morgan fingerprint density at radius 1 is 1.18 bits per heavy atom. The fourth-order valence-corrected chi connectivity index (χ4v) is 5.79. The van der Waals surface area contributed by atoms with Gasteiger partial charge in [0.25, 0.3) is 5.69 Å². The van der Waals surface area contributed by atoms with E-state index in [1.165, 1.54) is 29.0 Å². The number of hydrogen-bond donors (Lipinski definition) is 0. The number of allylic oxidation sites excluding steroid dienone is 1. The highest BCUT2D eigenvalue weighted by Crippen LogP contribution is 2.47. The quantitative estimate of drug-likeness (QED) is 0.245. The molecule has 0 saturated heterocycles. The van der Waals surface area contributed by atoms with Crippen LogP contribution in [-0.4, -0.2) is 21.4 Å². The zero-order chi connectivity index (χ0) is 23.8. The van der Waals surface area contributed by atoms with Gasteiger partial charge in [0, 0.05) is 25.0 Å². The number of carbonyl (C=O) groups is 1. The Labute approximate surface area is 201 Å². The summed E-state index contributed by atoms with van der Waals surface area (Å²) in [5, 5.41) is 18.8. The number of Topliss-reactive ketones (excluding diaryl/α,β-unsaturated/α-hetero) is 1. The summed E-state index contributed by atoms with van der Waals surface area (Å²) < 4.78 is 0. The number of anilines is 1. The molecule has 2 atom stereocenters. The van der Waals surface area contributed by atoms with Crippen molar-refractivity contribution in [2.75, 3.05) is 5.01 Å². The molecular formula is C26H24N4O3S. The molecule has 1 aliphatic carbocycles. The van der Waals surface area contributed by atoms with E-state index >= 15 is 0 Å². The normalized spacial score (nSPS) is 20.8. The Bertz CT molecular complexity index is 1310. The van der Waals surface area contributed by atoms with Crippen LogP contribution in [0.3, 0.4) is 0 Å². The molecule has 3 aromatic rings. The van der Waals surface area contributed by atoms with E-state index in [1.54, 1.807) is 19.1 Å². The number of aromatic nitrogens is 1.